The molecule has 1 amide bonds. The normalized spacial score (nSPS) is 14.9. The summed E-state index contributed by atoms with van der Waals surface area (Å²) in [6.45, 7) is 6.22. The quantitative estimate of drug-likeness (QED) is 0.581. The number of phenols is 1. The molecular weight excluding hydrogens is 430 g/mol. The van der Waals surface area contributed by atoms with E-state index in [0.717, 1.165) is 5.39 Å². The van der Waals surface area contributed by atoms with E-state index in [1.807, 2.05) is 19.9 Å². The van der Waals surface area contributed by atoms with Crippen LogP contribution in [0.15, 0.2) is 42.5 Å². The third kappa shape index (κ3) is 5.10. The Morgan fingerprint density at radius 1 is 1.12 bits per heavy atom. The van der Waals surface area contributed by atoms with Crippen molar-refractivity contribution in [3.8, 4) is 23.2 Å². The number of rotatable bonds is 6. The van der Waals surface area contributed by atoms with Gasteiger partial charge in [-0.25, -0.2) is 9.97 Å². The van der Waals surface area contributed by atoms with Crippen molar-refractivity contribution in [3.05, 3.63) is 48.0 Å². The van der Waals surface area contributed by atoms with Crippen molar-refractivity contribution in [1.82, 2.24) is 14.9 Å². The van der Waals surface area contributed by atoms with Crippen molar-refractivity contribution in [2.24, 2.45) is 5.92 Å². The minimum Gasteiger partial charge on any atom is -0.507 e. The number of aromatic nitrogens is 2. The van der Waals surface area contributed by atoms with Gasteiger partial charge in [-0.05, 0) is 42.7 Å². The summed E-state index contributed by atoms with van der Waals surface area (Å²) in [5.41, 5.74) is 1.72. The lowest BCUT2D eigenvalue weighted by atomic mass is 10.0. The van der Waals surface area contributed by atoms with Gasteiger partial charge in [-0.15, -0.1) is 0 Å². The Morgan fingerprint density at radius 3 is 2.53 bits per heavy atom. The summed E-state index contributed by atoms with van der Waals surface area (Å²) in [4.78, 5) is 26.0. The molecule has 1 aliphatic rings. The number of fused-ring (bicyclic) bond motifs is 1. The molecule has 1 atom stereocenters. The number of carbonyl (C=O) groups is 1. The maximum atomic E-state index is 12.7. The van der Waals surface area contributed by atoms with E-state index in [1.165, 1.54) is 0 Å². The van der Waals surface area contributed by atoms with E-state index in [4.69, 9.17) is 4.98 Å². The molecule has 2 aromatic carbocycles. The van der Waals surface area contributed by atoms with Crippen molar-refractivity contribution in [2.45, 2.75) is 32.8 Å². The van der Waals surface area contributed by atoms with Crippen molar-refractivity contribution in [3.63, 3.8) is 0 Å². The Morgan fingerprint density at radius 2 is 1.85 bits per heavy atom. The smallest absolute Gasteiger partial charge is 0.225 e. The Labute approximate surface area is 199 Å². The average molecular weight is 460 g/mol. The fourth-order valence-electron chi connectivity index (χ4n) is 4.33. The van der Waals surface area contributed by atoms with E-state index in [1.54, 1.807) is 41.3 Å². The minimum atomic E-state index is -0.623. The number of aliphatic hydroxyl groups is 1. The number of phenolic OH excluding ortho intramolecular Hbond substituents is 1. The van der Waals surface area contributed by atoms with Crippen LogP contribution in [-0.4, -0.2) is 63.3 Å². The molecule has 0 spiro atoms. The van der Waals surface area contributed by atoms with Crippen molar-refractivity contribution >= 4 is 22.6 Å². The molecule has 1 saturated heterocycles. The van der Waals surface area contributed by atoms with Gasteiger partial charge < -0.3 is 20.0 Å². The van der Waals surface area contributed by atoms with Gasteiger partial charge in [0.1, 0.15) is 11.6 Å². The van der Waals surface area contributed by atoms with Crippen molar-refractivity contribution in [2.75, 3.05) is 31.1 Å². The lowest BCUT2D eigenvalue weighted by Crippen LogP contribution is -2.49. The third-order valence-corrected chi connectivity index (χ3v) is 6.04. The summed E-state index contributed by atoms with van der Waals surface area (Å²) in [6.07, 6.45) is 0.119. The summed E-state index contributed by atoms with van der Waals surface area (Å²) in [6, 6.07) is 14.4. The van der Waals surface area contributed by atoms with E-state index >= 15 is 0 Å². The molecule has 1 fully saturated rings. The summed E-state index contributed by atoms with van der Waals surface area (Å²) >= 11 is 0. The van der Waals surface area contributed by atoms with E-state index in [2.05, 4.69) is 16.0 Å². The second-order valence-electron chi connectivity index (χ2n) is 9.09. The summed E-state index contributed by atoms with van der Waals surface area (Å²) in [7, 11) is 0. The highest BCUT2D eigenvalue weighted by Gasteiger charge is 2.26. The van der Waals surface area contributed by atoms with Crippen molar-refractivity contribution in [1.29, 1.82) is 5.26 Å². The van der Waals surface area contributed by atoms with Crippen LogP contribution in [0.2, 0.25) is 0 Å². The zero-order chi connectivity index (χ0) is 24.2. The highest BCUT2D eigenvalue weighted by atomic mass is 16.3. The number of hydrogen-bond donors (Lipinski definition) is 2. The molecule has 176 valence electrons. The second-order valence-corrected chi connectivity index (χ2v) is 9.09. The van der Waals surface area contributed by atoms with Gasteiger partial charge in [0.25, 0.3) is 0 Å². The number of nitriles is 1. The SMILES string of the molecule is CC(C)CC(O)CC(=O)N1CCN(c2nc(-c3ccccc3O)nc3ccc(C#N)cc23)CC1. The summed E-state index contributed by atoms with van der Waals surface area (Å²) in [5.74, 6) is 1.47. The van der Waals surface area contributed by atoms with Crippen LogP contribution in [0.4, 0.5) is 5.82 Å². The fraction of sp³-hybridized carbons (Fsp3) is 0.385. The molecule has 4 rings (SSSR count). The first-order chi connectivity index (χ1) is 16.4. The standard InChI is InChI=1S/C26H29N5O3/c1-17(2)13-19(32)15-24(34)30-9-11-31(12-10-30)26-21-14-18(16-27)7-8-22(21)28-25(29-26)20-5-3-4-6-23(20)33/h3-8,14,17,19,32-33H,9-13,15H2,1-2H3. The molecule has 8 nitrogen and oxygen atoms in total. The monoisotopic (exact) mass is 459 g/mol. The van der Waals surface area contributed by atoms with Crippen molar-refractivity contribution < 1.29 is 15.0 Å². The zero-order valence-corrected chi connectivity index (χ0v) is 19.5. The molecule has 8 heteroatoms. The van der Waals surface area contributed by atoms with E-state index in [0.29, 0.717) is 66.8 Å². The van der Waals surface area contributed by atoms with Gasteiger partial charge in [-0.3, -0.25) is 4.79 Å². The van der Waals surface area contributed by atoms with Gasteiger partial charge in [0.15, 0.2) is 5.82 Å². The first-order valence-electron chi connectivity index (χ1n) is 11.6. The molecule has 34 heavy (non-hydrogen) atoms. The first kappa shape index (κ1) is 23.5. The second kappa shape index (κ2) is 10.1. The lowest BCUT2D eigenvalue weighted by Gasteiger charge is -2.36. The molecule has 1 aliphatic heterocycles. The van der Waals surface area contributed by atoms with Gasteiger partial charge in [-0.1, -0.05) is 26.0 Å². The van der Waals surface area contributed by atoms with Crippen LogP contribution in [0.25, 0.3) is 22.3 Å². The Bertz CT molecular complexity index is 1230. The summed E-state index contributed by atoms with van der Waals surface area (Å²) < 4.78 is 0. The highest BCUT2D eigenvalue weighted by Crippen LogP contribution is 2.32. The molecule has 0 radical (unpaired) electrons. The number of anilines is 1. The van der Waals surface area contributed by atoms with E-state index in [9.17, 15) is 20.3 Å². The first-order valence-corrected chi connectivity index (χ1v) is 11.6. The maximum absolute atomic E-state index is 12.7. The number of nitrogens with zero attached hydrogens (tertiary/aromatic N) is 5. The molecule has 2 heterocycles. The number of amides is 1. The lowest BCUT2D eigenvalue weighted by molar-refractivity contribution is -0.133. The zero-order valence-electron chi connectivity index (χ0n) is 19.5. The molecule has 2 N–H and O–H groups in total. The van der Waals surface area contributed by atoms with Crippen LogP contribution in [-0.2, 0) is 4.79 Å². The molecular formula is C26H29N5O3. The predicted molar refractivity (Wildman–Crippen MR) is 130 cm³/mol. The Hall–Kier alpha value is -3.70. The number of para-hydroxylation sites is 1. The number of hydrogen-bond acceptors (Lipinski definition) is 7. The largest absolute Gasteiger partial charge is 0.507 e. The molecule has 1 aromatic heterocycles. The van der Waals surface area contributed by atoms with Crippen LogP contribution in [0.5, 0.6) is 5.75 Å². The summed E-state index contributed by atoms with van der Waals surface area (Å²) in [5, 5.41) is 30.6. The number of piperazine rings is 1. The number of carbonyl (C=O) groups excluding carboxylic acids is 1. The predicted octanol–water partition coefficient (Wildman–Crippen LogP) is 3.32. The number of benzene rings is 2. The fourth-order valence-corrected chi connectivity index (χ4v) is 4.33. The van der Waals surface area contributed by atoms with E-state index in [-0.39, 0.29) is 18.1 Å². The maximum Gasteiger partial charge on any atom is 0.225 e. The molecule has 0 saturated carbocycles. The minimum absolute atomic E-state index is 0.0398. The van der Waals surface area contributed by atoms with Gasteiger partial charge in [0.2, 0.25) is 5.91 Å². The Balaban J connectivity index is 1.60. The van der Waals surface area contributed by atoms with Crippen LogP contribution >= 0.6 is 0 Å². The van der Waals surface area contributed by atoms with Crippen LogP contribution < -0.4 is 4.90 Å². The molecule has 0 bridgehead atoms. The molecule has 3 aromatic rings. The van der Waals surface area contributed by atoms with Gasteiger partial charge in [-0.2, -0.15) is 5.26 Å². The Kier molecular flexibility index (Phi) is 6.94. The highest BCUT2D eigenvalue weighted by molar-refractivity contribution is 5.92. The van der Waals surface area contributed by atoms with Crippen LogP contribution in [0, 0.1) is 17.2 Å². The molecule has 0 aliphatic carbocycles. The van der Waals surface area contributed by atoms with E-state index < -0.39 is 6.10 Å². The third-order valence-electron chi connectivity index (χ3n) is 6.04. The number of aromatic hydroxyl groups is 1. The molecule has 1 unspecified atom stereocenters. The average Bonchev–Trinajstić information content (AvgIpc) is 2.83. The van der Waals surface area contributed by atoms with Gasteiger partial charge in [0, 0.05) is 31.6 Å². The van der Waals surface area contributed by atoms with Crippen LogP contribution in [0.3, 0.4) is 0 Å². The number of aliphatic hydroxyl groups excluding tert-OH is 1. The van der Waals surface area contributed by atoms with Gasteiger partial charge in [0.05, 0.1) is 35.2 Å². The van der Waals surface area contributed by atoms with Gasteiger partial charge >= 0.3 is 0 Å². The topological polar surface area (TPSA) is 114 Å². The van der Waals surface area contributed by atoms with Crippen LogP contribution in [0.1, 0.15) is 32.3 Å².